The second-order valence-electron chi connectivity index (χ2n) is 5.03. The van der Waals surface area contributed by atoms with Crippen LogP contribution in [0.5, 0.6) is 0 Å². The first-order valence-corrected chi connectivity index (χ1v) is 6.77. The summed E-state index contributed by atoms with van der Waals surface area (Å²) < 4.78 is 10.6. The number of hydrogen-bond donors (Lipinski definition) is 1. The second kappa shape index (κ2) is 6.57. The quantitative estimate of drug-likeness (QED) is 0.654. The minimum atomic E-state index is -0.144. The minimum absolute atomic E-state index is 0.103. The van der Waals surface area contributed by atoms with Gasteiger partial charge < -0.3 is 14.8 Å². The van der Waals surface area contributed by atoms with Crippen LogP contribution in [0.4, 0.5) is 5.69 Å². The molecule has 1 heterocycles. The molecular formula is C15H21NO3. The van der Waals surface area contributed by atoms with Gasteiger partial charge in [0.2, 0.25) is 0 Å². The van der Waals surface area contributed by atoms with Crippen molar-refractivity contribution < 1.29 is 14.3 Å². The normalized spacial score (nSPS) is 17.7. The first-order valence-electron chi connectivity index (χ1n) is 6.77. The van der Waals surface area contributed by atoms with Gasteiger partial charge in [0.05, 0.1) is 18.6 Å². The zero-order chi connectivity index (χ0) is 13.7. The number of anilines is 1. The van der Waals surface area contributed by atoms with Crippen LogP contribution in [-0.2, 0) is 20.7 Å². The van der Waals surface area contributed by atoms with Crippen LogP contribution in [-0.4, -0.2) is 31.8 Å². The Bertz CT molecular complexity index is 431. The summed E-state index contributed by atoms with van der Waals surface area (Å²) in [6.07, 6.45) is 0.912. The maximum atomic E-state index is 11.9. The van der Waals surface area contributed by atoms with Crippen LogP contribution in [0.25, 0.3) is 0 Å². The maximum absolute atomic E-state index is 11.9. The Balaban J connectivity index is 1.79. The molecule has 0 aliphatic carbocycles. The van der Waals surface area contributed by atoms with E-state index in [0.29, 0.717) is 19.8 Å². The number of esters is 1. The van der Waals surface area contributed by atoms with Gasteiger partial charge in [0.1, 0.15) is 6.61 Å². The number of para-hydroxylation sites is 1. The Hall–Kier alpha value is -1.55. The fourth-order valence-electron chi connectivity index (χ4n) is 2.15. The van der Waals surface area contributed by atoms with Crippen molar-refractivity contribution >= 4 is 11.7 Å². The van der Waals surface area contributed by atoms with Crippen LogP contribution in [0, 0.1) is 5.92 Å². The third kappa shape index (κ3) is 3.96. The highest BCUT2D eigenvalue weighted by Crippen LogP contribution is 2.24. The van der Waals surface area contributed by atoms with E-state index in [1.807, 2.05) is 38.1 Å². The molecule has 0 radical (unpaired) electrons. The average Bonchev–Trinajstić information content (AvgIpc) is 2.42. The Kier molecular flexibility index (Phi) is 4.80. The minimum Gasteiger partial charge on any atom is -0.463 e. The van der Waals surface area contributed by atoms with Gasteiger partial charge in [-0.15, -0.1) is 0 Å². The summed E-state index contributed by atoms with van der Waals surface area (Å²) in [4.78, 5) is 11.9. The lowest BCUT2D eigenvalue weighted by atomic mass is 9.94. The van der Waals surface area contributed by atoms with Crippen molar-refractivity contribution in [2.75, 3.05) is 25.1 Å². The van der Waals surface area contributed by atoms with Crippen molar-refractivity contribution in [3.63, 3.8) is 0 Å². The van der Waals surface area contributed by atoms with Crippen LogP contribution in [0.15, 0.2) is 24.3 Å². The van der Waals surface area contributed by atoms with Crippen molar-refractivity contribution in [2.45, 2.75) is 26.4 Å². The zero-order valence-electron chi connectivity index (χ0n) is 11.5. The summed E-state index contributed by atoms with van der Waals surface area (Å²) in [5.74, 6) is -0.247. The van der Waals surface area contributed by atoms with Gasteiger partial charge in [-0.3, -0.25) is 4.79 Å². The van der Waals surface area contributed by atoms with Gasteiger partial charge in [0.15, 0.2) is 0 Å². The van der Waals surface area contributed by atoms with Gasteiger partial charge in [-0.25, -0.2) is 0 Å². The van der Waals surface area contributed by atoms with Gasteiger partial charge in [-0.05, 0) is 31.9 Å². The van der Waals surface area contributed by atoms with Gasteiger partial charge >= 0.3 is 5.97 Å². The fraction of sp³-hybridized carbons (Fsp3) is 0.533. The molecule has 1 N–H and O–H groups in total. The molecule has 1 unspecified atom stereocenters. The van der Waals surface area contributed by atoms with E-state index in [1.165, 1.54) is 5.56 Å². The third-order valence-corrected chi connectivity index (χ3v) is 3.13. The van der Waals surface area contributed by atoms with Crippen molar-refractivity contribution in [3.8, 4) is 0 Å². The Morgan fingerprint density at radius 2 is 2.16 bits per heavy atom. The van der Waals surface area contributed by atoms with Crippen molar-refractivity contribution in [1.29, 1.82) is 0 Å². The van der Waals surface area contributed by atoms with E-state index < -0.39 is 0 Å². The number of rotatable bonds is 5. The Labute approximate surface area is 114 Å². The number of nitrogens with one attached hydrogen (secondary N) is 1. The topological polar surface area (TPSA) is 47.6 Å². The predicted molar refractivity (Wildman–Crippen MR) is 74.2 cm³/mol. The van der Waals surface area contributed by atoms with Crippen molar-refractivity contribution in [1.82, 2.24) is 0 Å². The first-order chi connectivity index (χ1) is 9.16. The molecule has 4 heteroatoms. The highest BCUT2D eigenvalue weighted by molar-refractivity contribution is 5.75. The Morgan fingerprint density at radius 1 is 1.37 bits per heavy atom. The molecule has 2 rings (SSSR count). The molecule has 19 heavy (non-hydrogen) atoms. The Morgan fingerprint density at radius 3 is 2.95 bits per heavy atom. The number of carbonyl (C=O) groups excluding carboxylic acids is 1. The number of fused-ring (bicyclic) bond motifs is 1. The van der Waals surface area contributed by atoms with Gasteiger partial charge in [-0.1, -0.05) is 18.2 Å². The van der Waals surface area contributed by atoms with E-state index >= 15 is 0 Å². The van der Waals surface area contributed by atoms with E-state index in [-0.39, 0.29) is 18.0 Å². The summed E-state index contributed by atoms with van der Waals surface area (Å²) in [6, 6.07) is 8.06. The lowest BCUT2D eigenvalue weighted by molar-refractivity contribution is -0.150. The van der Waals surface area contributed by atoms with E-state index in [2.05, 4.69) is 5.32 Å². The lowest BCUT2D eigenvalue weighted by Gasteiger charge is -2.24. The molecular weight excluding hydrogens is 242 g/mol. The van der Waals surface area contributed by atoms with E-state index in [1.54, 1.807) is 0 Å². The first kappa shape index (κ1) is 13.9. The largest absolute Gasteiger partial charge is 0.463 e. The monoisotopic (exact) mass is 263 g/mol. The van der Waals surface area contributed by atoms with Crippen LogP contribution >= 0.6 is 0 Å². The molecule has 0 amide bonds. The standard InChI is InChI=1S/C15H21NO3/c1-11(2)18-7-8-19-15(17)13-9-12-5-3-4-6-14(12)16-10-13/h3-6,11,13,16H,7-10H2,1-2H3. The number of carbonyl (C=O) groups is 1. The molecule has 0 spiro atoms. The van der Waals surface area contributed by atoms with Crippen LogP contribution in [0.1, 0.15) is 19.4 Å². The molecule has 1 aromatic carbocycles. The smallest absolute Gasteiger partial charge is 0.311 e. The molecule has 1 aromatic rings. The summed E-state index contributed by atoms with van der Waals surface area (Å²) in [7, 11) is 0. The van der Waals surface area contributed by atoms with Gasteiger partial charge in [0, 0.05) is 12.2 Å². The summed E-state index contributed by atoms with van der Waals surface area (Å²) >= 11 is 0. The molecule has 0 bridgehead atoms. The molecule has 1 atom stereocenters. The molecule has 0 fully saturated rings. The zero-order valence-corrected chi connectivity index (χ0v) is 11.5. The summed E-state index contributed by atoms with van der Waals surface area (Å²) in [5.41, 5.74) is 2.30. The maximum Gasteiger partial charge on any atom is 0.311 e. The fourth-order valence-corrected chi connectivity index (χ4v) is 2.15. The number of hydrogen-bond acceptors (Lipinski definition) is 4. The highest BCUT2D eigenvalue weighted by Gasteiger charge is 2.25. The van der Waals surface area contributed by atoms with Gasteiger partial charge in [-0.2, -0.15) is 0 Å². The van der Waals surface area contributed by atoms with E-state index in [4.69, 9.17) is 9.47 Å². The molecule has 0 saturated heterocycles. The average molecular weight is 263 g/mol. The summed E-state index contributed by atoms with van der Waals surface area (Å²) in [5, 5.41) is 3.27. The second-order valence-corrected chi connectivity index (χ2v) is 5.03. The number of ether oxygens (including phenoxy) is 2. The number of benzene rings is 1. The van der Waals surface area contributed by atoms with Crippen LogP contribution < -0.4 is 5.32 Å². The van der Waals surface area contributed by atoms with E-state index in [9.17, 15) is 4.79 Å². The van der Waals surface area contributed by atoms with E-state index in [0.717, 1.165) is 12.1 Å². The lowest BCUT2D eigenvalue weighted by Crippen LogP contribution is -2.31. The molecule has 4 nitrogen and oxygen atoms in total. The van der Waals surface area contributed by atoms with Crippen LogP contribution in [0.3, 0.4) is 0 Å². The van der Waals surface area contributed by atoms with Crippen molar-refractivity contribution in [2.24, 2.45) is 5.92 Å². The third-order valence-electron chi connectivity index (χ3n) is 3.13. The molecule has 1 aliphatic rings. The van der Waals surface area contributed by atoms with Crippen LogP contribution in [0.2, 0.25) is 0 Å². The molecule has 104 valence electrons. The molecule has 1 aliphatic heterocycles. The summed E-state index contributed by atoms with van der Waals surface area (Å²) in [6.45, 7) is 5.35. The molecule has 0 saturated carbocycles. The predicted octanol–water partition coefficient (Wildman–Crippen LogP) is 2.24. The van der Waals surface area contributed by atoms with Crippen molar-refractivity contribution in [3.05, 3.63) is 29.8 Å². The SMILES string of the molecule is CC(C)OCCOC(=O)C1CNc2ccccc2C1. The highest BCUT2D eigenvalue weighted by atomic mass is 16.6. The van der Waals surface area contributed by atoms with Gasteiger partial charge in [0.25, 0.3) is 0 Å². The molecule has 0 aromatic heterocycles.